The number of rotatable bonds is 8. The summed E-state index contributed by atoms with van der Waals surface area (Å²) in [7, 11) is 1.92. The molecule has 5 aliphatic rings. The number of amides is 1. The number of hydrogen-bond donors (Lipinski definition) is 3. The number of nitrogens with zero attached hydrogens (tertiary/aromatic N) is 4. The number of likely N-dealkylation sites (N-methyl/N-ethyl adjacent to an activating group) is 1. The first-order chi connectivity index (χ1) is 19.7. The summed E-state index contributed by atoms with van der Waals surface area (Å²) in [5.41, 5.74) is 3.57. The van der Waals surface area contributed by atoms with E-state index in [1.165, 1.54) is 44.9 Å². The fourth-order valence-corrected chi connectivity index (χ4v) is 8.12. The fraction of sp³-hybridized carbons (Fsp3) is 0.968. The number of piperidine rings is 1. The van der Waals surface area contributed by atoms with Crippen molar-refractivity contribution in [3.8, 4) is 0 Å². The second kappa shape index (κ2) is 13.8. The standard InChI is InChI=1S/C31H58N6O4/c1-30(2,3)28(29(39)35-22-27(38)19-26(35)20-32-4)36-21-25(37(33-36)24-11-8-6-5-7-9-12-24)13-16-34-15-10-14-31(23-34)40-17-18-41-31/h24-28,32-33,38H,5-23H2,1-4H3/t25?,26-,27+,28+/m0/s1. The molecule has 10 heteroatoms. The molecule has 4 heterocycles. The Hall–Kier alpha value is -0.850. The maximum atomic E-state index is 14.3. The molecule has 0 aromatic heterocycles. The van der Waals surface area contributed by atoms with Crippen LogP contribution in [-0.4, -0.2) is 126 Å². The third-order valence-electron chi connectivity index (χ3n) is 10.1. The van der Waals surface area contributed by atoms with Crippen LogP contribution in [0.5, 0.6) is 0 Å². The molecule has 1 unspecified atom stereocenters. The van der Waals surface area contributed by atoms with E-state index in [-0.39, 0.29) is 23.4 Å². The van der Waals surface area contributed by atoms with E-state index >= 15 is 0 Å². The number of hydrogen-bond acceptors (Lipinski definition) is 9. The van der Waals surface area contributed by atoms with Crippen LogP contribution in [0, 0.1) is 5.41 Å². The Morgan fingerprint density at radius 1 is 1.05 bits per heavy atom. The number of aliphatic hydroxyl groups excluding tert-OH is 1. The topological polar surface area (TPSA) is 92.8 Å². The average molecular weight is 579 g/mol. The molecule has 0 bridgehead atoms. The monoisotopic (exact) mass is 578 g/mol. The molecule has 0 radical (unpaired) electrons. The van der Waals surface area contributed by atoms with E-state index in [1.54, 1.807) is 0 Å². The summed E-state index contributed by atoms with van der Waals surface area (Å²) in [6.45, 7) is 12.8. The zero-order chi connectivity index (χ0) is 29.0. The van der Waals surface area contributed by atoms with Crippen molar-refractivity contribution in [3.05, 3.63) is 0 Å². The van der Waals surface area contributed by atoms with Crippen LogP contribution in [0.1, 0.15) is 91.4 Å². The highest BCUT2D eigenvalue weighted by molar-refractivity contribution is 5.83. The van der Waals surface area contributed by atoms with E-state index in [4.69, 9.17) is 9.47 Å². The third-order valence-corrected chi connectivity index (χ3v) is 10.1. The fourth-order valence-electron chi connectivity index (χ4n) is 8.12. The number of nitrogens with one attached hydrogen (secondary N) is 2. The Bertz CT molecular complexity index is 841. The highest BCUT2D eigenvalue weighted by atomic mass is 16.7. The quantitative estimate of drug-likeness (QED) is 0.401. The minimum Gasteiger partial charge on any atom is -0.391 e. The van der Waals surface area contributed by atoms with Gasteiger partial charge < -0.3 is 24.8 Å². The van der Waals surface area contributed by atoms with Crippen molar-refractivity contribution < 1.29 is 19.4 Å². The predicted molar refractivity (Wildman–Crippen MR) is 160 cm³/mol. The maximum Gasteiger partial charge on any atom is 0.242 e. The van der Waals surface area contributed by atoms with Gasteiger partial charge in [-0.05, 0) is 57.7 Å². The summed E-state index contributed by atoms with van der Waals surface area (Å²) >= 11 is 0. The minimum atomic E-state index is -0.454. The molecule has 1 spiro atoms. The summed E-state index contributed by atoms with van der Waals surface area (Å²) in [4.78, 5) is 18.8. The number of aliphatic hydroxyl groups is 1. The average Bonchev–Trinajstić information content (AvgIpc) is 3.61. The van der Waals surface area contributed by atoms with E-state index in [0.717, 1.165) is 45.4 Å². The summed E-state index contributed by atoms with van der Waals surface area (Å²) in [6, 6.07) is 0.532. The molecule has 4 aliphatic heterocycles. The molecular weight excluding hydrogens is 520 g/mol. The van der Waals surface area contributed by atoms with Gasteiger partial charge in [0.25, 0.3) is 0 Å². The van der Waals surface area contributed by atoms with Gasteiger partial charge in [0, 0.05) is 44.2 Å². The third kappa shape index (κ3) is 7.63. The minimum absolute atomic E-state index is 0.0268. The number of carbonyl (C=O) groups is 1. The highest BCUT2D eigenvalue weighted by Gasteiger charge is 2.48. The van der Waals surface area contributed by atoms with Crippen molar-refractivity contribution in [2.24, 2.45) is 5.41 Å². The summed E-state index contributed by atoms with van der Waals surface area (Å²) in [5, 5.41) is 18.5. The first kappa shape index (κ1) is 31.6. The smallest absolute Gasteiger partial charge is 0.242 e. The van der Waals surface area contributed by atoms with Gasteiger partial charge in [-0.15, -0.1) is 0 Å². The molecule has 1 amide bonds. The van der Waals surface area contributed by atoms with E-state index in [2.05, 4.69) is 46.5 Å². The molecule has 1 saturated carbocycles. The summed E-state index contributed by atoms with van der Waals surface area (Å²) < 4.78 is 12.1. The molecule has 5 rings (SSSR count). The molecule has 0 aromatic carbocycles. The SMILES string of the molecule is CNC[C@@H]1C[C@@H](O)CN1C(=O)[C@@H](N1CC(CCN2CCCC3(C2)OCCO3)N(C2CCCCCCC2)N1)C(C)(C)C. The van der Waals surface area contributed by atoms with Gasteiger partial charge in [-0.1, -0.05) is 52.9 Å². The van der Waals surface area contributed by atoms with Gasteiger partial charge in [0.1, 0.15) is 6.04 Å². The van der Waals surface area contributed by atoms with E-state index in [1.807, 2.05) is 11.9 Å². The van der Waals surface area contributed by atoms with E-state index in [0.29, 0.717) is 44.8 Å². The van der Waals surface area contributed by atoms with Gasteiger partial charge in [0.15, 0.2) is 5.79 Å². The predicted octanol–water partition coefficient (Wildman–Crippen LogP) is 2.33. The molecular formula is C31H58N6O4. The molecule has 3 N–H and O–H groups in total. The lowest BCUT2D eigenvalue weighted by molar-refractivity contribution is -0.189. The maximum absolute atomic E-state index is 14.3. The molecule has 41 heavy (non-hydrogen) atoms. The molecule has 5 fully saturated rings. The van der Waals surface area contributed by atoms with E-state index in [9.17, 15) is 9.90 Å². The Balaban J connectivity index is 1.32. The second-order valence-corrected chi connectivity index (χ2v) is 14.4. The highest BCUT2D eigenvalue weighted by Crippen LogP contribution is 2.34. The van der Waals surface area contributed by atoms with Gasteiger partial charge in [-0.3, -0.25) is 9.69 Å². The second-order valence-electron chi connectivity index (χ2n) is 14.4. The molecule has 0 aromatic rings. The molecule has 236 valence electrons. The van der Waals surface area contributed by atoms with Crippen LogP contribution in [0.4, 0.5) is 0 Å². The Kier molecular flexibility index (Phi) is 10.7. The van der Waals surface area contributed by atoms with Gasteiger partial charge in [-0.2, -0.15) is 5.53 Å². The lowest BCUT2D eigenvalue weighted by Gasteiger charge is -2.41. The van der Waals surface area contributed by atoms with Crippen molar-refractivity contribution in [1.29, 1.82) is 0 Å². The zero-order valence-electron chi connectivity index (χ0n) is 26.3. The van der Waals surface area contributed by atoms with Crippen LogP contribution in [0.25, 0.3) is 0 Å². The van der Waals surface area contributed by atoms with Gasteiger partial charge >= 0.3 is 0 Å². The largest absolute Gasteiger partial charge is 0.391 e. The van der Waals surface area contributed by atoms with Crippen molar-refractivity contribution in [1.82, 2.24) is 30.7 Å². The number of ether oxygens (including phenoxy) is 2. The van der Waals surface area contributed by atoms with Gasteiger partial charge in [-0.25, -0.2) is 10.0 Å². The van der Waals surface area contributed by atoms with Crippen LogP contribution in [0.15, 0.2) is 0 Å². The number of β-amino-alcohol motifs (C(OH)–C–C–N with tert-alkyl or cyclic N) is 1. The summed E-state index contributed by atoms with van der Waals surface area (Å²) in [5.74, 6) is -0.265. The number of likely N-dealkylation sites (tertiary alicyclic amines) is 2. The van der Waals surface area contributed by atoms with Crippen LogP contribution < -0.4 is 10.9 Å². The van der Waals surface area contributed by atoms with Crippen LogP contribution >= 0.6 is 0 Å². The summed E-state index contributed by atoms with van der Waals surface area (Å²) in [6.07, 6.45) is 12.3. The number of carbonyl (C=O) groups excluding carboxylic acids is 1. The first-order valence-electron chi connectivity index (χ1n) is 16.6. The molecule has 10 nitrogen and oxygen atoms in total. The zero-order valence-corrected chi connectivity index (χ0v) is 26.3. The van der Waals surface area contributed by atoms with Crippen molar-refractivity contribution in [3.63, 3.8) is 0 Å². The lowest BCUT2D eigenvalue weighted by Crippen LogP contribution is -2.60. The van der Waals surface area contributed by atoms with Crippen LogP contribution in [-0.2, 0) is 14.3 Å². The van der Waals surface area contributed by atoms with E-state index < -0.39 is 11.9 Å². The number of hydrazine groups is 2. The van der Waals surface area contributed by atoms with Crippen LogP contribution in [0.3, 0.4) is 0 Å². The van der Waals surface area contributed by atoms with Crippen LogP contribution in [0.2, 0.25) is 0 Å². The van der Waals surface area contributed by atoms with Gasteiger partial charge in [0.05, 0.1) is 25.9 Å². The Morgan fingerprint density at radius 2 is 1.76 bits per heavy atom. The van der Waals surface area contributed by atoms with Crippen molar-refractivity contribution >= 4 is 5.91 Å². The normalized spacial score (nSPS) is 32.0. The van der Waals surface area contributed by atoms with Crippen molar-refractivity contribution in [2.75, 3.05) is 59.5 Å². The molecule has 4 atom stereocenters. The molecule has 1 aliphatic carbocycles. The van der Waals surface area contributed by atoms with Gasteiger partial charge in [0.2, 0.25) is 5.91 Å². The Labute approximate surface area is 248 Å². The lowest BCUT2D eigenvalue weighted by atomic mass is 9.85. The van der Waals surface area contributed by atoms with Crippen molar-refractivity contribution in [2.45, 2.75) is 127 Å². The molecule has 4 saturated heterocycles. The first-order valence-corrected chi connectivity index (χ1v) is 16.6. The Morgan fingerprint density at radius 3 is 2.44 bits per heavy atom.